The number of nitrogens with zero attached hydrogens (tertiary/aromatic N) is 1. The van der Waals surface area contributed by atoms with E-state index in [4.69, 9.17) is 51.1 Å². The maximum Gasteiger partial charge on any atom is 0.334 e. The summed E-state index contributed by atoms with van der Waals surface area (Å²) in [7, 11) is 0. The van der Waals surface area contributed by atoms with E-state index in [1.165, 1.54) is 0 Å². The van der Waals surface area contributed by atoms with Crippen molar-refractivity contribution in [3.05, 3.63) is 60.5 Å². The Kier molecular flexibility index (Phi) is 8.00. The molecule has 0 aromatic heterocycles. The van der Waals surface area contributed by atoms with E-state index in [0.717, 1.165) is 22.4 Å². The standard InChI is InChI=1S/C24H23Cl4NO4/c1-5-6-7-14(24(32)33-15-10-12(4)8-9-13(15)11(2)3)29-22(30)16-17(23(29)31)19(26)21(28)20(27)18(16)25/h8-11,14H,5-7H2,1-4H3/t14-/m0/s1. The molecule has 1 aliphatic heterocycles. The quantitative estimate of drug-likeness (QED) is 0.122. The highest BCUT2D eigenvalue weighted by Crippen LogP contribution is 2.45. The van der Waals surface area contributed by atoms with Crippen molar-refractivity contribution < 1.29 is 19.1 Å². The number of carbonyl (C=O) groups is 3. The topological polar surface area (TPSA) is 63.7 Å². The molecule has 2 amide bonds. The molecule has 0 saturated carbocycles. The van der Waals surface area contributed by atoms with Gasteiger partial charge in [-0.25, -0.2) is 4.79 Å². The fraction of sp³-hybridized carbons (Fsp3) is 0.375. The van der Waals surface area contributed by atoms with Gasteiger partial charge in [-0.05, 0) is 36.5 Å². The van der Waals surface area contributed by atoms with E-state index in [9.17, 15) is 14.4 Å². The minimum Gasteiger partial charge on any atom is -0.425 e. The molecule has 1 aliphatic rings. The predicted octanol–water partition coefficient (Wildman–Crippen LogP) is 7.49. The Morgan fingerprint density at radius 1 is 0.970 bits per heavy atom. The summed E-state index contributed by atoms with van der Waals surface area (Å²) in [5, 5.41) is -0.603. The lowest BCUT2D eigenvalue weighted by atomic mass is 10.0. The van der Waals surface area contributed by atoms with E-state index in [1.807, 2.05) is 39.8 Å². The highest BCUT2D eigenvalue weighted by Gasteiger charge is 2.47. The Bertz CT molecular complexity index is 1100. The monoisotopic (exact) mass is 529 g/mol. The zero-order valence-corrected chi connectivity index (χ0v) is 21.6. The number of ether oxygens (including phenoxy) is 1. The minimum absolute atomic E-state index is 0.101. The summed E-state index contributed by atoms with van der Waals surface area (Å²) in [6, 6.07) is 4.43. The third-order valence-corrected chi connectivity index (χ3v) is 7.35. The molecule has 0 fully saturated rings. The molecule has 2 aromatic carbocycles. The molecule has 1 atom stereocenters. The Labute approximate surface area is 212 Å². The van der Waals surface area contributed by atoms with Crippen molar-refractivity contribution in [1.82, 2.24) is 4.90 Å². The van der Waals surface area contributed by atoms with E-state index in [0.29, 0.717) is 12.2 Å². The molecule has 3 rings (SSSR count). The molecule has 0 unspecified atom stereocenters. The molecule has 2 aromatic rings. The van der Waals surface area contributed by atoms with Crippen LogP contribution in [0.4, 0.5) is 0 Å². The van der Waals surface area contributed by atoms with E-state index in [2.05, 4.69) is 0 Å². The summed E-state index contributed by atoms with van der Waals surface area (Å²) in [5.41, 5.74) is 1.44. The van der Waals surface area contributed by atoms with Crippen LogP contribution in [-0.2, 0) is 4.79 Å². The van der Waals surface area contributed by atoms with Crippen LogP contribution >= 0.6 is 46.4 Å². The third-order valence-electron chi connectivity index (χ3n) is 5.55. The average molecular weight is 531 g/mol. The first-order valence-corrected chi connectivity index (χ1v) is 12.1. The number of hydrogen-bond donors (Lipinski definition) is 0. The number of aryl methyl sites for hydroxylation is 1. The van der Waals surface area contributed by atoms with Gasteiger partial charge < -0.3 is 4.74 Å². The number of imide groups is 1. The van der Waals surface area contributed by atoms with E-state index in [-0.39, 0.29) is 43.6 Å². The van der Waals surface area contributed by atoms with Gasteiger partial charge in [0.25, 0.3) is 11.8 Å². The molecule has 0 saturated heterocycles. The lowest BCUT2D eigenvalue weighted by Crippen LogP contribution is -2.46. The molecule has 0 bridgehead atoms. The fourth-order valence-electron chi connectivity index (χ4n) is 3.78. The number of carbonyl (C=O) groups excluding carboxylic acids is 3. The summed E-state index contributed by atoms with van der Waals surface area (Å²) in [6.07, 6.45) is 1.55. The van der Waals surface area contributed by atoms with Crippen LogP contribution in [0.2, 0.25) is 20.1 Å². The van der Waals surface area contributed by atoms with Crippen molar-refractivity contribution in [3.63, 3.8) is 0 Å². The van der Waals surface area contributed by atoms with Crippen LogP contribution in [0.15, 0.2) is 18.2 Å². The summed E-state index contributed by atoms with van der Waals surface area (Å²) >= 11 is 24.7. The number of fused-ring (bicyclic) bond motifs is 1. The molecule has 0 radical (unpaired) electrons. The normalized spacial score (nSPS) is 14.2. The van der Waals surface area contributed by atoms with Gasteiger partial charge in [0.05, 0.1) is 31.2 Å². The van der Waals surface area contributed by atoms with Crippen LogP contribution < -0.4 is 4.74 Å². The first-order chi connectivity index (χ1) is 15.5. The lowest BCUT2D eigenvalue weighted by molar-refractivity contribution is -0.139. The second-order valence-electron chi connectivity index (χ2n) is 8.26. The Morgan fingerprint density at radius 3 is 2.00 bits per heavy atom. The molecule has 9 heteroatoms. The predicted molar refractivity (Wildman–Crippen MR) is 131 cm³/mol. The fourth-order valence-corrected chi connectivity index (χ4v) is 4.80. The number of rotatable bonds is 7. The van der Waals surface area contributed by atoms with Crippen molar-refractivity contribution in [2.75, 3.05) is 0 Å². The summed E-state index contributed by atoms with van der Waals surface area (Å²) in [6.45, 7) is 7.80. The second-order valence-corrected chi connectivity index (χ2v) is 9.77. The van der Waals surface area contributed by atoms with Crippen LogP contribution in [0.25, 0.3) is 0 Å². The number of unbranched alkanes of at least 4 members (excludes halogenated alkanes) is 1. The highest BCUT2D eigenvalue weighted by atomic mass is 35.5. The summed E-state index contributed by atoms with van der Waals surface area (Å²) in [4.78, 5) is 40.8. The maximum atomic E-state index is 13.4. The highest BCUT2D eigenvalue weighted by molar-refractivity contribution is 6.55. The smallest absolute Gasteiger partial charge is 0.334 e. The molecule has 5 nitrogen and oxygen atoms in total. The Morgan fingerprint density at radius 2 is 1.52 bits per heavy atom. The van der Waals surface area contributed by atoms with Crippen molar-refractivity contribution in [2.45, 2.75) is 58.9 Å². The van der Waals surface area contributed by atoms with Crippen LogP contribution in [0.3, 0.4) is 0 Å². The van der Waals surface area contributed by atoms with Gasteiger partial charge in [0.1, 0.15) is 11.8 Å². The summed E-state index contributed by atoms with van der Waals surface area (Å²) < 4.78 is 5.76. The Balaban J connectivity index is 2.04. The number of esters is 1. The van der Waals surface area contributed by atoms with Gasteiger partial charge in [0.15, 0.2) is 0 Å². The average Bonchev–Trinajstić information content (AvgIpc) is 3.01. The molecular weight excluding hydrogens is 508 g/mol. The molecule has 0 N–H and O–H groups in total. The largest absolute Gasteiger partial charge is 0.425 e. The Hall–Kier alpha value is -1.79. The van der Waals surface area contributed by atoms with Crippen LogP contribution in [-0.4, -0.2) is 28.7 Å². The third kappa shape index (κ3) is 4.74. The van der Waals surface area contributed by atoms with Crippen LogP contribution in [0.1, 0.15) is 77.8 Å². The van der Waals surface area contributed by atoms with Crippen molar-refractivity contribution >= 4 is 64.2 Å². The second kappa shape index (κ2) is 10.2. The summed E-state index contributed by atoms with van der Waals surface area (Å²) in [5.74, 6) is -1.73. The molecule has 176 valence electrons. The van der Waals surface area contributed by atoms with Crippen LogP contribution in [0, 0.1) is 6.92 Å². The first-order valence-electron chi connectivity index (χ1n) is 10.6. The van der Waals surface area contributed by atoms with Gasteiger partial charge in [-0.2, -0.15) is 0 Å². The van der Waals surface area contributed by atoms with Gasteiger partial charge in [-0.15, -0.1) is 0 Å². The van der Waals surface area contributed by atoms with E-state index >= 15 is 0 Å². The SMILES string of the molecule is CCCC[C@@H](C(=O)Oc1cc(C)ccc1C(C)C)N1C(=O)c2c(Cl)c(Cl)c(Cl)c(Cl)c2C1=O. The maximum absolute atomic E-state index is 13.4. The van der Waals surface area contributed by atoms with Gasteiger partial charge in [0.2, 0.25) is 0 Å². The molecule has 33 heavy (non-hydrogen) atoms. The molecule has 1 heterocycles. The van der Waals surface area contributed by atoms with Gasteiger partial charge >= 0.3 is 5.97 Å². The van der Waals surface area contributed by atoms with E-state index in [1.54, 1.807) is 6.07 Å². The number of benzene rings is 2. The molecular formula is C24H23Cl4NO4. The number of hydrogen-bond acceptors (Lipinski definition) is 4. The molecule has 0 aliphatic carbocycles. The van der Waals surface area contributed by atoms with Crippen LogP contribution in [0.5, 0.6) is 5.75 Å². The van der Waals surface area contributed by atoms with E-state index < -0.39 is 23.8 Å². The van der Waals surface area contributed by atoms with Crippen molar-refractivity contribution in [1.29, 1.82) is 0 Å². The zero-order valence-electron chi connectivity index (χ0n) is 18.6. The van der Waals surface area contributed by atoms with Crippen molar-refractivity contribution in [2.24, 2.45) is 0 Å². The zero-order chi connectivity index (χ0) is 24.6. The lowest BCUT2D eigenvalue weighted by Gasteiger charge is -2.25. The van der Waals surface area contributed by atoms with Gasteiger partial charge in [0, 0.05) is 0 Å². The van der Waals surface area contributed by atoms with Gasteiger partial charge in [-0.3, -0.25) is 14.5 Å². The van der Waals surface area contributed by atoms with Gasteiger partial charge in [-0.1, -0.05) is 92.1 Å². The first kappa shape index (κ1) is 25.8. The number of amides is 2. The van der Waals surface area contributed by atoms with Crippen molar-refractivity contribution in [3.8, 4) is 5.75 Å². The number of halogens is 4. The minimum atomic E-state index is -1.16. The molecule has 0 spiro atoms.